The molecule has 142 valence electrons. The predicted molar refractivity (Wildman–Crippen MR) is 99.0 cm³/mol. The fourth-order valence-electron chi connectivity index (χ4n) is 2.18. The Morgan fingerprint density at radius 3 is 2.40 bits per heavy atom. The van der Waals surface area contributed by atoms with Crippen molar-refractivity contribution in [1.29, 1.82) is 0 Å². The molecule has 0 aliphatic heterocycles. The molecule has 0 fully saturated rings. The number of hydrogen-bond donors (Lipinski definition) is 3. The highest BCUT2D eigenvalue weighted by Gasteiger charge is 2.29. The Hall–Kier alpha value is -1.95. The van der Waals surface area contributed by atoms with Crippen molar-refractivity contribution in [3.05, 3.63) is 23.8 Å². The van der Waals surface area contributed by atoms with Crippen LogP contribution in [-0.4, -0.2) is 36.0 Å². The van der Waals surface area contributed by atoms with Crippen LogP contribution in [-0.2, 0) is 11.3 Å². The number of phenols is 1. The van der Waals surface area contributed by atoms with Gasteiger partial charge in [0.2, 0.25) is 0 Å². The molecule has 1 unspecified atom stereocenters. The zero-order chi connectivity index (χ0) is 19.3. The van der Waals surface area contributed by atoms with E-state index in [1.54, 1.807) is 12.1 Å². The second-order valence-corrected chi connectivity index (χ2v) is 7.79. The number of hydrogen-bond acceptors (Lipinski definition) is 5. The predicted octanol–water partition coefficient (Wildman–Crippen LogP) is 3.43. The lowest BCUT2D eigenvalue weighted by molar-refractivity contribution is 0.0503. The third kappa shape index (κ3) is 6.82. The number of carbonyl (C=O) groups excluding carboxylic acids is 1. The van der Waals surface area contributed by atoms with Crippen LogP contribution in [0.25, 0.3) is 0 Å². The summed E-state index contributed by atoms with van der Waals surface area (Å²) in [7, 11) is 1.52. The average molecular weight is 352 g/mol. The first-order valence-electron chi connectivity index (χ1n) is 8.54. The quantitative estimate of drug-likeness (QED) is 0.700. The number of alkyl carbamates (subject to hydrolysis) is 1. The van der Waals surface area contributed by atoms with Crippen LogP contribution < -0.4 is 15.4 Å². The summed E-state index contributed by atoms with van der Waals surface area (Å²) in [6.07, 6.45) is -0.424. The molecule has 1 amide bonds. The Kier molecular flexibility index (Phi) is 7.11. The molecule has 1 aromatic rings. The summed E-state index contributed by atoms with van der Waals surface area (Å²) in [6.45, 7) is 12.8. The van der Waals surface area contributed by atoms with Crippen molar-refractivity contribution in [2.45, 2.75) is 59.2 Å². The van der Waals surface area contributed by atoms with E-state index in [0.717, 1.165) is 5.56 Å². The van der Waals surface area contributed by atoms with E-state index in [-0.39, 0.29) is 17.2 Å². The Morgan fingerprint density at radius 1 is 1.24 bits per heavy atom. The van der Waals surface area contributed by atoms with Gasteiger partial charge in [-0.15, -0.1) is 0 Å². The van der Waals surface area contributed by atoms with Gasteiger partial charge in [0, 0.05) is 18.6 Å². The van der Waals surface area contributed by atoms with Gasteiger partial charge in [0.15, 0.2) is 11.5 Å². The van der Waals surface area contributed by atoms with E-state index in [9.17, 15) is 9.90 Å². The minimum Gasteiger partial charge on any atom is -0.504 e. The maximum atomic E-state index is 11.9. The summed E-state index contributed by atoms with van der Waals surface area (Å²) in [5.74, 6) is 0.836. The third-order valence-electron chi connectivity index (χ3n) is 4.21. The molecule has 6 heteroatoms. The van der Waals surface area contributed by atoms with Gasteiger partial charge in [0.1, 0.15) is 5.60 Å². The summed E-state index contributed by atoms with van der Waals surface area (Å²) in [4.78, 5) is 11.9. The number of methoxy groups -OCH3 is 1. The van der Waals surface area contributed by atoms with Gasteiger partial charge in [-0.05, 0) is 51.3 Å². The molecule has 1 rings (SSSR count). The van der Waals surface area contributed by atoms with Crippen molar-refractivity contribution in [2.75, 3.05) is 13.7 Å². The standard InChI is InChI=1S/C19H32N2O4/c1-13(2)19(6,12-20-17(23)25-18(3,4)5)21-11-14-8-9-15(22)16(10-14)24-7/h8-10,13,21-22H,11-12H2,1-7H3,(H,20,23). The van der Waals surface area contributed by atoms with Crippen LogP contribution in [0.2, 0.25) is 0 Å². The van der Waals surface area contributed by atoms with Crippen LogP contribution in [0.15, 0.2) is 18.2 Å². The first-order chi connectivity index (χ1) is 11.5. The van der Waals surface area contributed by atoms with Crippen molar-refractivity contribution < 1.29 is 19.4 Å². The smallest absolute Gasteiger partial charge is 0.407 e. The molecule has 0 aliphatic rings. The number of rotatable bonds is 7. The molecule has 25 heavy (non-hydrogen) atoms. The molecule has 0 spiro atoms. The van der Waals surface area contributed by atoms with E-state index in [1.165, 1.54) is 7.11 Å². The van der Waals surface area contributed by atoms with Gasteiger partial charge in [-0.25, -0.2) is 4.79 Å². The zero-order valence-electron chi connectivity index (χ0n) is 16.4. The van der Waals surface area contributed by atoms with Gasteiger partial charge in [-0.1, -0.05) is 19.9 Å². The lowest BCUT2D eigenvalue weighted by atomic mass is 9.88. The average Bonchev–Trinajstić information content (AvgIpc) is 2.50. The molecule has 6 nitrogen and oxygen atoms in total. The third-order valence-corrected chi connectivity index (χ3v) is 4.21. The summed E-state index contributed by atoms with van der Waals surface area (Å²) in [5, 5.41) is 16.0. The van der Waals surface area contributed by atoms with Gasteiger partial charge < -0.3 is 25.2 Å². The summed E-state index contributed by atoms with van der Waals surface area (Å²) < 4.78 is 10.4. The topological polar surface area (TPSA) is 79.8 Å². The maximum Gasteiger partial charge on any atom is 0.407 e. The van der Waals surface area contributed by atoms with Gasteiger partial charge in [0.05, 0.1) is 7.11 Å². The number of benzene rings is 1. The SMILES string of the molecule is COc1cc(CNC(C)(CNC(=O)OC(C)(C)C)C(C)C)ccc1O. The van der Waals surface area contributed by atoms with E-state index in [0.29, 0.717) is 18.8 Å². The summed E-state index contributed by atoms with van der Waals surface area (Å²) >= 11 is 0. The molecule has 0 bridgehead atoms. The van der Waals surface area contributed by atoms with Crippen molar-refractivity contribution >= 4 is 6.09 Å². The van der Waals surface area contributed by atoms with Crippen molar-refractivity contribution in [3.8, 4) is 11.5 Å². The lowest BCUT2D eigenvalue weighted by Crippen LogP contribution is -2.55. The molecule has 1 atom stereocenters. The number of carbonyl (C=O) groups is 1. The Balaban J connectivity index is 2.70. The molecular weight excluding hydrogens is 320 g/mol. The van der Waals surface area contributed by atoms with Crippen LogP contribution in [0.5, 0.6) is 11.5 Å². The second-order valence-electron chi connectivity index (χ2n) is 7.79. The zero-order valence-corrected chi connectivity index (χ0v) is 16.4. The van der Waals surface area contributed by atoms with Crippen molar-refractivity contribution in [2.24, 2.45) is 5.92 Å². The summed E-state index contributed by atoms with van der Waals surface area (Å²) in [5.41, 5.74) is 0.148. The molecule has 0 saturated heterocycles. The first kappa shape index (κ1) is 21.1. The molecule has 0 aromatic heterocycles. The highest BCUT2D eigenvalue weighted by atomic mass is 16.6. The number of aromatic hydroxyl groups is 1. The Labute approximate surface area is 150 Å². The van der Waals surface area contributed by atoms with Crippen molar-refractivity contribution in [3.63, 3.8) is 0 Å². The monoisotopic (exact) mass is 352 g/mol. The molecule has 0 radical (unpaired) electrons. The van der Waals surface area contributed by atoms with E-state index in [2.05, 4.69) is 31.4 Å². The van der Waals surface area contributed by atoms with Crippen LogP contribution in [0.3, 0.4) is 0 Å². The molecule has 0 heterocycles. The maximum absolute atomic E-state index is 11.9. The van der Waals surface area contributed by atoms with Crippen LogP contribution in [0.1, 0.15) is 47.1 Å². The largest absolute Gasteiger partial charge is 0.504 e. The van der Waals surface area contributed by atoms with E-state index in [4.69, 9.17) is 9.47 Å². The lowest BCUT2D eigenvalue weighted by Gasteiger charge is -2.35. The van der Waals surface area contributed by atoms with Crippen LogP contribution in [0.4, 0.5) is 4.79 Å². The first-order valence-corrected chi connectivity index (χ1v) is 8.54. The van der Waals surface area contributed by atoms with Gasteiger partial charge in [-0.3, -0.25) is 0 Å². The highest BCUT2D eigenvalue weighted by Crippen LogP contribution is 2.26. The minimum atomic E-state index is -0.520. The Bertz CT molecular complexity index is 581. The number of phenolic OH excluding ortho intramolecular Hbond substituents is 1. The van der Waals surface area contributed by atoms with Gasteiger partial charge in [0.25, 0.3) is 0 Å². The molecule has 3 N–H and O–H groups in total. The minimum absolute atomic E-state index is 0.115. The fraction of sp³-hybridized carbons (Fsp3) is 0.632. The number of amides is 1. The van der Waals surface area contributed by atoms with E-state index in [1.807, 2.05) is 26.8 Å². The molecular formula is C19H32N2O4. The van der Waals surface area contributed by atoms with Crippen LogP contribution >= 0.6 is 0 Å². The van der Waals surface area contributed by atoms with Crippen molar-refractivity contribution in [1.82, 2.24) is 10.6 Å². The number of nitrogens with one attached hydrogen (secondary N) is 2. The normalized spacial score (nSPS) is 14.1. The summed E-state index contributed by atoms with van der Waals surface area (Å²) in [6, 6.07) is 5.25. The van der Waals surface area contributed by atoms with Crippen LogP contribution in [0, 0.1) is 5.92 Å². The highest BCUT2D eigenvalue weighted by molar-refractivity contribution is 5.67. The Morgan fingerprint density at radius 2 is 1.88 bits per heavy atom. The van der Waals surface area contributed by atoms with E-state index < -0.39 is 11.7 Å². The van der Waals surface area contributed by atoms with E-state index >= 15 is 0 Å². The molecule has 1 aromatic carbocycles. The second kappa shape index (κ2) is 8.43. The molecule has 0 saturated carbocycles. The number of ether oxygens (including phenoxy) is 2. The fourth-order valence-corrected chi connectivity index (χ4v) is 2.18. The van der Waals surface area contributed by atoms with Gasteiger partial charge >= 0.3 is 6.09 Å². The molecule has 0 aliphatic carbocycles. The van der Waals surface area contributed by atoms with Gasteiger partial charge in [-0.2, -0.15) is 0 Å².